The number of rotatable bonds is 6. The third kappa shape index (κ3) is 4.19. The van der Waals surface area contributed by atoms with Gasteiger partial charge in [-0.25, -0.2) is 4.99 Å². The van der Waals surface area contributed by atoms with Gasteiger partial charge in [-0.2, -0.15) is 5.10 Å². The van der Waals surface area contributed by atoms with Crippen LogP contribution in [0.3, 0.4) is 0 Å². The Kier molecular flexibility index (Phi) is 5.15. The SMILES string of the molecule is CN1CCN(C2=CC(N)(c3cc(C4CC4)[nH]n3)N=C(NCc3cc(-c4ccoc4)no3)N2)CC1. The zero-order valence-corrected chi connectivity index (χ0v) is 19.1. The maximum absolute atomic E-state index is 6.86. The van der Waals surface area contributed by atoms with E-state index < -0.39 is 5.66 Å². The molecule has 6 rings (SSSR count). The molecule has 0 spiro atoms. The van der Waals surface area contributed by atoms with Gasteiger partial charge in [-0.3, -0.25) is 10.8 Å². The molecule has 0 amide bonds. The van der Waals surface area contributed by atoms with E-state index in [2.05, 4.69) is 48.9 Å². The number of furan rings is 1. The molecule has 11 nitrogen and oxygen atoms in total. The fourth-order valence-electron chi connectivity index (χ4n) is 4.30. The van der Waals surface area contributed by atoms with Gasteiger partial charge in [0.15, 0.2) is 17.4 Å². The molecule has 0 aromatic carbocycles. The Bertz CT molecular complexity index is 1200. The number of hydrogen-bond acceptors (Lipinski definition) is 10. The smallest absolute Gasteiger partial charge is 0.199 e. The number of piperazine rings is 1. The lowest BCUT2D eigenvalue weighted by Crippen LogP contribution is -2.53. The molecule has 3 aromatic rings. The predicted molar refractivity (Wildman–Crippen MR) is 125 cm³/mol. The average molecular weight is 464 g/mol. The number of H-pyrrole nitrogens is 1. The number of nitrogens with zero attached hydrogens (tertiary/aromatic N) is 5. The minimum Gasteiger partial charge on any atom is -0.472 e. The summed E-state index contributed by atoms with van der Waals surface area (Å²) in [5.74, 6) is 2.73. The molecule has 3 aliphatic rings. The minimum atomic E-state index is -1.08. The Morgan fingerprint density at radius 3 is 2.85 bits per heavy atom. The molecule has 2 aliphatic heterocycles. The highest BCUT2D eigenvalue weighted by Crippen LogP contribution is 2.40. The summed E-state index contributed by atoms with van der Waals surface area (Å²) in [4.78, 5) is 9.43. The molecular weight excluding hydrogens is 434 g/mol. The number of aromatic amines is 1. The second-order valence-corrected chi connectivity index (χ2v) is 9.26. The van der Waals surface area contributed by atoms with Gasteiger partial charge >= 0.3 is 0 Å². The summed E-state index contributed by atoms with van der Waals surface area (Å²) in [7, 11) is 2.14. The van der Waals surface area contributed by atoms with Gasteiger partial charge < -0.3 is 29.4 Å². The minimum absolute atomic E-state index is 0.399. The molecule has 11 heteroatoms. The van der Waals surface area contributed by atoms with Crippen molar-refractivity contribution in [2.75, 3.05) is 33.2 Å². The van der Waals surface area contributed by atoms with Crippen LogP contribution in [0.5, 0.6) is 0 Å². The van der Waals surface area contributed by atoms with Gasteiger partial charge in [0.25, 0.3) is 0 Å². The maximum atomic E-state index is 6.86. The number of nitrogens with one attached hydrogen (secondary N) is 3. The lowest BCUT2D eigenvalue weighted by Gasteiger charge is -2.39. The standard InChI is InChI=1S/C23H29N9O2/c1-31-5-7-32(8-6-31)21-12-23(24,20-11-18(28-29-20)15-2-3-15)27-22(26-21)25-13-17-10-19(30-34-17)16-4-9-33-14-16/h4,9-12,14-15H,2-3,5-8,13,24H2,1H3,(H,28,29)(H2,25,26,27). The van der Waals surface area contributed by atoms with Crippen LogP contribution in [0.4, 0.5) is 0 Å². The summed E-state index contributed by atoms with van der Waals surface area (Å²) in [6.07, 6.45) is 7.60. The number of hydrogen-bond donors (Lipinski definition) is 4. The zero-order chi connectivity index (χ0) is 23.1. The van der Waals surface area contributed by atoms with Gasteiger partial charge in [-0.15, -0.1) is 0 Å². The summed E-state index contributed by atoms with van der Waals surface area (Å²) in [5, 5.41) is 18.6. The number of aromatic nitrogens is 3. The first-order valence-corrected chi connectivity index (χ1v) is 11.7. The second-order valence-electron chi connectivity index (χ2n) is 9.26. The highest BCUT2D eigenvalue weighted by molar-refractivity contribution is 5.83. The summed E-state index contributed by atoms with van der Waals surface area (Å²) in [6.45, 7) is 4.18. The molecule has 3 aromatic heterocycles. The summed E-state index contributed by atoms with van der Waals surface area (Å²) in [6, 6.07) is 5.77. The Labute approximate surface area is 197 Å². The van der Waals surface area contributed by atoms with Gasteiger partial charge in [0, 0.05) is 55.5 Å². The molecule has 1 unspecified atom stereocenters. The van der Waals surface area contributed by atoms with Gasteiger partial charge in [0.1, 0.15) is 17.2 Å². The van der Waals surface area contributed by atoms with E-state index >= 15 is 0 Å². The number of likely N-dealkylation sites (N-methyl/N-ethyl adjacent to an activating group) is 1. The van der Waals surface area contributed by atoms with Crippen molar-refractivity contribution in [3.8, 4) is 11.3 Å². The molecule has 5 N–H and O–H groups in total. The monoisotopic (exact) mass is 463 g/mol. The second kappa shape index (κ2) is 8.33. The first kappa shape index (κ1) is 21.0. The Morgan fingerprint density at radius 1 is 1.24 bits per heavy atom. The maximum Gasteiger partial charge on any atom is 0.199 e. The molecule has 1 aliphatic carbocycles. The highest BCUT2D eigenvalue weighted by atomic mass is 16.5. The van der Waals surface area contributed by atoms with E-state index in [0.29, 0.717) is 29.9 Å². The van der Waals surface area contributed by atoms with Crippen LogP contribution in [0.2, 0.25) is 0 Å². The Morgan fingerprint density at radius 2 is 2.09 bits per heavy atom. The summed E-state index contributed by atoms with van der Waals surface area (Å²) in [5.41, 5.74) is 9.21. The highest BCUT2D eigenvalue weighted by Gasteiger charge is 2.36. The molecular formula is C23H29N9O2. The van der Waals surface area contributed by atoms with Gasteiger partial charge in [-0.05, 0) is 32.0 Å². The van der Waals surface area contributed by atoms with Gasteiger partial charge in [0.05, 0.1) is 19.1 Å². The molecule has 34 heavy (non-hydrogen) atoms. The van der Waals surface area contributed by atoms with Crippen molar-refractivity contribution in [3.63, 3.8) is 0 Å². The van der Waals surface area contributed by atoms with Crippen LogP contribution < -0.4 is 16.4 Å². The third-order valence-corrected chi connectivity index (χ3v) is 6.58. The van der Waals surface area contributed by atoms with E-state index in [9.17, 15) is 0 Å². The van der Waals surface area contributed by atoms with E-state index in [1.165, 1.54) is 12.8 Å². The van der Waals surface area contributed by atoms with E-state index in [1.54, 1.807) is 12.5 Å². The quantitative estimate of drug-likeness (QED) is 0.428. The lowest BCUT2D eigenvalue weighted by atomic mass is 10.0. The van der Waals surface area contributed by atoms with Crippen LogP contribution in [0.1, 0.15) is 35.9 Å². The van der Waals surface area contributed by atoms with Crippen LogP contribution in [-0.2, 0) is 12.2 Å². The molecule has 1 atom stereocenters. The van der Waals surface area contributed by atoms with Crippen molar-refractivity contribution >= 4 is 5.96 Å². The van der Waals surface area contributed by atoms with Crippen molar-refractivity contribution in [2.24, 2.45) is 10.7 Å². The van der Waals surface area contributed by atoms with Crippen molar-refractivity contribution in [2.45, 2.75) is 31.0 Å². The van der Waals surface area contributed by atoms with E-state index in [1.807, 2.05) is 18.2 Å². The lowest BCUT2D eigenvalue weighted by molar-refractivity contribution is 0.179. The number of nitrogens with two attached hydrogens (primary N) is 1. The van der Waals surface area contributed by atoms with Crippen molar-refractivity contribution in [1.82, 2.24) is 35.8 Å². The first-order chi connectivity index (χ1) is 16.6. The van der Waals surface area contributed by atoms with Crippen molar-refractivity contribution in [3.05, 3.63) is 59.8 Å². The summed E-state index contributed by atoms with van der Waals surface area (Å²) < 4.78 is 10.6. The molecule has 5 heterocycles. The summed E-state index contributed by atoms with van der Waals surface area (Å²) >= 11 is 0. The molecule has 0 radical (unpaired) electrons. The predicted octanol–water partition coefficient (Wildman–Crippen LogP) is 1.48. The van der Waals surface area contributed by atoms with Gasteiger partial charge in [-0.1, -0.05) is 5.16 Å². The molecule has 0 bridgehead atoms. The molecule has 2 fully saturated rings. The molecule has 1 saturated heterocycles. The van der Waals surface area contributed by atoms with Crippen molar-refractivity contribution < 1.29 is 8.94 Å². The molecule has 178 valence electrons. The fraction of sp³-hybridized carbons (Fsp3) is 0.435. The first-order valence-electron chi connectivity index (χ1n) is 11.7. The number of guanidine groups is 1. The van der Waals surface area contributed by atoms with Crippen LogP contribution in [0.15, 0.2) is 56.6 Å². The average Bonchev–Trinajstić information content (AvgIpc) is 3.26. The van der Waals surface area contributed by atoms with Gasteiger partial charge in [0.2, 0.25) is 0 Å². The van der Waals surface area contributed by atoms with Crippen molar-refractivity contribution in [1.29, 1.82) is 0 Å². The Balaban J connectivity index is 1.23. The largest absolute Gasteiger partial charge is 0.472 e. The van der Waals surface area contributed by atoms with Crippen LogP contribution in [-0.4, -0.2) is 64.3 Å². The van der Waals surface area contributed by atoms with E-state index in [4.69, 9.17) is 19.7 Å². The van der Waals surface area contributed by atoms with Crippen LogP contribution in [0, 0.1) is 0 Å². The third-order valence-electron chi connectivity index (χ3n) is 6.58. The topological polar surface area (TPSA) is 137 Å². The van der Waals surface area contributed by atoms with Crippen LogP contribution >= 0.6 is 0 Å². The zero-order valence-electron chi connectivity index (χ0n) is 19.1. The normalized spacial score (nSPS) is 23.4. The van der Waals surface area contributed by atoms with E-state index in [0.717, 1.165) is 49.0 Å². The fourth-order valence-corrected chi connectivity index (χ4v) is 4.30. The van der Waals surface area contributed by atoms with E-state index in [-0.39, 0.29) is 0 Å². The Hall–Kier alpha value is -3.57. The number of aliphatic imine (C=N–C) groups is 1. The van der Waals surface area contributed by atoms with Crippen LogP contribution in [0.25, 0.3) is 11.3 Å². The molecule has 1 saturated carbocycles.